The summed E-state index contributed by atoms with van der Waals surface area (Å²) in [5.41, 5.74) is -1.21. The topological polar surface area (TPSA) is 98.7 Å². The molecule has 4 rings (SSSR count). The summed E-state index contributed by atoms with van der Waals surface area (Å²) in [6.07, 6.45) is -3.12. The number of rotatable bonds is 5. The number of carbonyl (C=O) groups excluding carboxylic acids is 2. The second kappa shape index (κ2) is 8.15. The second-order valence-electron chi connectivity index (χ2n) is 6.90. The molecular weight excluding hydrogens is 455 g/mol. The summed E-state index contributed by atoms with van der Waals surface area (Å²) >= 11 is 0. The molecule has 4 aromatic rings. The largest absolute Gasteiger partial charge is 0.458 e. The van der Waals surface area contributed by atoms with Crippen molar-refractivity contribution in [1.82, 2.24) is 19.9 Å². The zero-order valence-electron chi connectivity index (χ0n) is 16.6. The Morgan fingerprint density at radius 2 is 2.03 bits per heavy atom. The van der Waals surface area contributed by atoms with Gasteiger partial charge in [-0.15, -0.1) is 0 Å². The third kappa shape index (κ3) is 4.21. The zero-order valence-corrected chi connectivity index (χ0v) is 16.6. The van der Waals surface area contributed by atoms with E-state index in [1.165, 1.54) is 23.0 Å². The Hall–Kier alpha value is -4.03. The highest BCUT2D eigenvalue weighted by Crippen LogP contribution is 2.30. The first-order chi connectivity index (χ1) is 15.6. The molecule has 0 aliphatic carbocycles. The van der Waals surface area contributed by atoms with Gasteiger partial charge in [-0.2, -0.15) is 18.3 Å². The van der Waals surface area contributed by atoms with Gasteiger partial charge in [0.05, 0.1) is 12.7 Å². The third-order valence-corrected chi connectivity index (χ3v) is 4.65. The number of nitrogens with zero attached hydrogens (tertiary/aromatic N) is 3. The lowest BCUT2D eigenvalue weighted by Gasteiger charge is -2.16. The van der Waals surface area contributed by atoms with Crippen LogP contribution in [0.1, 0.15) is 33.4 Å². The van der Waals surface area contributed by atoms with Crippen LogP contribution in [-0.4, -0.2) is 38.8 Å². The summed E-state index contributed by atoms with van der Waals surface area (Å²) in [4.78, 5) is 28.7. The molecule has 1 unspecified atom stereocenters. The predicted octanol–water partition coefficient (Wildman–Crippen LogP) is 3.79. The van der Waals surface area contributed by atoms with E-state index in [4.69, 9.17) is 4.42 Å². The lowest BCUT2D eigenvalue weighted by molar-refractivity contribution is -0.198. The minimum atomic E-state index is -4.90. The van der Waals surface area contributed by atoms with Gasteiger partial charge in [0.1, 0.15) is 16.9 Å². The van der Waals surface area contributed by atoms with Crippen LogP contribution in [0.3, 0.4) is 0 Å². The molecule has 172 valence electrons. The van der Waals surface area contributed by atoms with E-state index < -0.39 is 46.9 Å². The molecule has 0 aliphatic rings. The summed E-state index contributed by atoms with van der Waals surface area (Å²) in [5, 5.41) is 6.37. The van der Waals surface area contributed by atoms with Crippen molar-refractivity contribution in [3.63, 3.8) is 0 Å². The van der Waals surface area contributed by atoms with Gasteiger partial charge in [0.15, 0.2) is 29.0 Å². The minimum Gasteiger partial charge on any atom is -0.458 e. The number of amides is 1. The highest BCUT2D eigenvalue weighted by atomic mass is 19.4. The molecule has 8 nitrogen and oxygen atoms in total. The molecular formula is C20H13F5N4O4. The van der Waals surface area contributed by atoms with Crippen LogP contribution >= 0.6 is 0 Å². The van der Waals surface area contributed by atoms with Crippen LogP contribution in [0.2, 0.25) is 0 Å². The van der Waals surface area contributed by atoms with Crippen LogP contribution in [0, 0.1) is 11.6 Å². The van der Waals surface area contributed by atoms with E-state index >= 15 is 0 Å². The molecule has 3 heterocycles. The minimum absolute atomic E-state index is 0.0225. The highest BCUT2D eigenvalue weighted by Gasteiger charge is 2.40. The molecule has 0 saturated carbocycles. The molecule has 1 aromatic carbocycles. The van der Waals surface area contributed by atoms with E-state index in [1.54, 1.807) is 12.3 Å². The lowest BCUT2D eigenvalue weighted by Crippen LogP contribution is -2.31. The number of alkyl halides is 3. The SMILES string of the molecule is CC(OC(=O)c1c(F)c(F)cc2cc(CNC(=O)c3cnn4cccnc34)oc12)C(F)(F)F. The maximum absolute atomic E-state index is 14.3. The van der Waals surface area contributed by atoms with Gasteiger partial charge in [-0.3, -0.25) is 4.79 Å². The summed E-state index contributed by atoms with van der Waals surface area (Å²) in [6.45, 7) is 0.277. The van der Waals surface area contributed by atoms with Crippen LogP contribution in [0.5, 0.6) is 0 Å². The number of hydrogen-bond acceptors (Lipinski definition) is 6. The van der Waals surface area contributed by atoms with Crippen LogP contribution in [0.15, 0.2) is 41.2 Å². The lowest BCUT2D eigenvalue weighted by atomic mass is 10.1. The molecule has 0 spiro atoms. The normalized spacial score (nSPS) is 12.8. The first-order valence-corrected chi connectivity index (χ1v) is 9.31. The molecule has 0 aliphatic heterocycles. The Morgan fingerprint density at radius 3 is 2.76 bits per heavy atom. The average molecular weight is 468 g/mol. The Labute approximate surface area is 180 Å². The van der Waals surface area contributed by atoms with E-state index in [-0.39, 0.29) is 28.9 Å². The molecule has 0 saturated heterocycles. The van der Waals surface area contributed by atoms with E-state index in [0.29, 0.717) is 13.0 Å². The predicted molar refractivity (Wildman–Crippen MR) is 101 cm³/mol. The van der Waals surface area contributed by atoms with Crippen LogP contribution < -0.4 is 5.32 Å². The molecule has 0 fully saturated rings. The van der Waals surface area contributed by atoms with Gasteiger partial charge >= 0.3 is 12.1 Å². The third-order valence-electron chi connectivity index (χ3n) is 4.65. The Kier molecular flexibility index (Phi) is 5.47. The van der Waals surface area contributed by atoms with Crippen molar-refractivity contribution in [2.24, 2.45) is 0 Å². The molecule has 3 aromatic heterocycles. The zero-order chi connectivity index (χ0) is 23.9. The number of hydrogen-bond donors (Lipinski definition) is 1. The van der Waals surface area contributed by atoms with Gasteiger partial charge in [0.25, 0.3) is 5.91 Å². The monoisotopic (exact) mass is 468 g/mol. The van der Waals surface area contributed by atoms with E-state index in [0.717, 1.165) is 0 Å². The number of halogens is 5. The van der Waals surface area contributed by atoms with Crippen molar-refractivity contribution in [2.75, 3.05) is 0 Å². The fraction of sp³-hybridized carbons (Fsp3) is 0.200. The molecule has 1 N–H and O–H groups in total. The fourth-order valence-corrected chi connectivity index (χ4v) is 2.99. The summed E-state index contributed by atoms with van der Waals surface area (Å²) in [7, 11) is 0. The van der Waals surface area contributed by atoms with Gasteiger partial charge < -0.3 is 14.5 Å². The first-order valence-electron chi connectivity index (χ1n) is 9.31. The standard InChI is InChI=1S/C20H13F5N4O4/c1-9(20(23,24)25)32-19(31)14-15(22)13(21)6-10-5-11(33-16(10)14)7-27-18(30)12-8-28-29-4-2-3-26-17(12)29/h2-6,8-9H,7H2,1H3,(H,27,30). The Bertz CT molecular complexity index is 1380. The molecule has 0 bridgehead atoms. The van der Waals surface area contributed by atoms with Gasteiger partial charge in [-0.1, -0.05) is 0 Å². The maximum Gasteiger partial charge on any atom is 0.425 e. The van der Waals surface area contributed by atoms with Crippen molar-refractivity contribution in [3.8, 4) is 0 Å². The fourth-order valence-electron chi connectivity index (χ4n) is 2.99. The Balaban J connectivity index is 1.59. The first kappa shape index (κ1) is 22.2. The smallest absolute Gasteiger partial charge is 0.425 e. The van der Waals surface area contributed by atoms with Crippen molar-refractivity contribution in [3.05, 3.63) is 65.3 Å². The Morgan fingerprint density at radius 1 is 1.27 bits per heavy atom. The summed E-state index contributed by atoms with van der Waals surface area (Å²) in [6, 6.07) is 3.53. The highest BCUT2D eigenvalue weighted by molar-refractivity contribution is 6.03. The van der Waals surface area contributed by atoms with Crippen molar-refractivity contribution in [1.29, 1.82) is 0 Å². The van der Waals surface area contributed by atoms with Crippen molar-refractivity contribution >= 4 is 28.5 Å². The van der Waals surface area contributed by atoms with Crippen LogP contribution in [0.25, 0.3) is 16.6 Å². The van der Waals surface area contributed by atoms with Crippen molar-refractivity contribution < 1.29 is 40.7 Å². The number of esters is 1. The van der Waals surface area contributed by atoms with Crippen molar-refractivity contribution in [2.45, 2.75) is 25.7 Å². The number of benzene rings is 1. The molecule has 13 heteroatoms. The van der Waals surface area contributed by atoms with Gasteiger partial charge in [-0.05, 0) is 25.1 Å². The second-order valence-corrected chi connectivity index (χ2v) is 6.90. The molecule has 1 amide bonds. The average Bonchev–Trinajstić information content (AvgIpc) is 3.35. The summed E-state index contributed by atoms with van der Waals surface area (Å²) < 4.78 is 77.3. The van der Waals surface area contributed by atoms with Crippen LogP contribution in [0.4, 0.5) is 22.0 Å². The molecule has 1 atom stereocenters. The van der Waals surface area contributed by atoms with E-state index in [9.17, 15) is 31.5 Å². The molecule has 33 heavy (non-hydrogen) atoms. The number of aromatic nitrogens is 3. The van der Waals surface area contributed by atoms with Crippen LogP contribution in [-0.2, 0) is 11.3 Å². The number of furan rings is 1. The van der Waals surface area contributed by atoms with Gasteiger partial charge in [0.2, 0.25) is 0 Å². The van der Waals surface area contributed by atoms with Gasteiger partial charge in [0, 0.05) is 17.8 Å². The summed E-state index contributed by atoms with van der Waals surface area (Å²) in [5.74, 6) is -5.55. The number of ether oxygens (including phenoxy) is 1. The quantitative estimate of drug-likeness (QED) is 0.354. The van der Waals surface area contributed by atoms with E-state index in [1.807, 2.05) is 0 Å². The maximum atomic E-state index is 14.3. The van der Waals surface area contributed by atoms with E-state index in [2.05, 4.69) is 20.1 Å². The number of fused-ring (bicyclic) bond motifs is 2. The number of carbonyl (C=O) groups is 2. The number of nitrogens with one attached hydrogen (secondary N) is 1. The van der Waals surface area contributed by atoms with Gasteiger partial charge in [-0.25, -0.2) is 23.1 Å². The molecule has 0 radical (unpaired) electrons.